The van der Waals surface area contributed by atoms with Gasteiger partial charge in [0.15, 0.2) is 5.69 Å². The first-order valence-corrected chi connectivity index (χ1v) is 12.0. The lowest BCUT2D eigenvalue weighted by atomic mass is 10.1. The number of carbonyl (C=O) groups excluding carboxylic acids is 1. The molecule has 0 aliphatic rings. The highest BCUT2D eigenvalue weighted by atomic mass is 32.2. The largest absolute Gasteiger partial charge is 0.481 e. The Kier molecular flexibility index (Phi) is 7.26. The van der Waals surface area contributed by atoms with E-state index >= 15 is 0 Å². The third-order valence-corrected chi connectivity index (χ3v) is 5.68. The normalized spacial score (nSPS) is 11.4. The van der Waals surface area contributed by atoms with Crippen molar-refractivity contribution in [2.45, 2.75) is 13.3 Å². The van der Waals surface area contributed by atoms with Gasteiger partial charge in [-0.05, 0) is 31.0 Å². The molecule has 3 rings (SSSR count). The molecular formula is C22H27N5O4S. The van der Waals surface area contributed by atoms with Crippen LogP contribution < -0.4 is 9.46 Å². The molecule has 1 N–H and O–H groups in total. The summed E-state index contributed by atoms with van der Waals surface area (Å²) in [6, 6.07) is 13.0. The van der Waals surface area contributed by atoms with Crippen LogP contribution in [0.1, 0.15) is 23.0 Å². The molecule has 0 saturated carbocycles. The van der Waals surface area contributed by atoms with Crippen LogP contribution in [0.4, 0.5) is 0 Å². The second kappa shape index (κ2) is 9.92. The summed E-state index contributed by atoms with van der Waals surface area (Å²) < 4.78 is 31.8. The van der Waals surface area contributed by atoms with Crippen molar-refractivity contribution in [3.8, 4) is 22.8 Å². The number of rotatable bonds is 9. The average molecular weight is 458 g/mol. The third-order valence-electron chi connectivity index (χ3n) is 4.95. The zero-order chi connectivity index (χ0) is 23.3. The minimum atomic E-state index is -3.21. The van der Waals surface area contributed by atoms with Gasteiger partial charge in [0.1, 0.15) is 0 Å². The fraction of sp³-hybridized carbons (Fsp3) is 0.318. The predicted octanol–water partition coefficient (Wildman–Crippen LogP) is 2.13. The molecule has 0 radical (unpaired) electrons. The van der Waals surface area contributed by atoms with E-state index in [9.17, 15) is 13.2 Å². The summed E-state index contributed by atoms with van der Waals surface area (Å²) in [6.07, 6.45) is 3.35. The zero-order valence-electron chi connectivity index (χ0n) is 18.6. The van der Waals surface area contributed by atoms with E-state index in [1.807, 2.05) is 37.3 Å². The fourth-order valence-electron chi connectivity index (χ4n) is 3.07. The van der Waals surface area contributed by atoms with Gasteiger partial charge in [0.05, 0.1) is 30.9 Å². The molecule has 10 heteroatoms. The molecule has 0 unspecified atom stereocenters. The zero-order valence-corrected chi connectivity index (χ0v) is 19.4. The van der Waals surface area contributed by atoms with Gasteiger partial charge in [-0.25, -0.2) is 22.8 Å². The summed E-state index contributed by atoms with van der Waals surface area (Å²) in [5.74, 6) is 0.314. The van der Waals surface area contributed by atoms with E-state index in [4.69, 9.17) is 4.74 Å². The fourth-order valence-corrected chi connectivity index (χ4v) is 3.54. The minimum Gasteiger partial charge on any atom is -0.481 e. The van der Waals surface area contributed by atoms with Gasteiger partial charge >= 0.3 is 0 Å². The predicted molar refractivity (Wildman–Crippen MR) is 123 cm³/mol. The summed E-state index contributed by atoms with van der Waals surface area (Å²) >= 11 is 0. The molecule has 1 aromatic carbocycles. The van der Waals surface area contributed by atoms with Crippen LogP contribution in [-0.2, 0) is 16.4 Å². The van der Waals surface area contributed by atoms with Gasteiger partial charge in [-0.3, -0.25) is 4.79 Å². The quantitative estimate of drug-likeness (QED) is 0.528. The Morgan fingerprint density at radius 2 is 1.91 bits per heavy atom. The summed E-state index contributed by atoms with van der Waals surface area (Å²) in [4.78, 5) is 18.6. The first kappa shape index (κ1) is 23.4. The minimum absolute atomic E-state index is 0.169. The van der Waals surface area contributed by atoms with E-state index < -0.39 is 10.0 Å². The van der Waals surface area contributed by atoms with Crippen molar-refractivity contribution >= 4 is 15.9 Å². The molecule has 0 fully saturated rings. The summed E-state index contributed by atoms with van der Waals surface area (Å²) in [5, 5.41) is 4.55. The van der Waals surface area contributed by atoms with Crippen LogP contribution in [0.3, 0.4) is 0 Å². The van der Waals surface area contributed by atoms with E-state index in [1.165, 1.54) is 0 Å². The van der Waals surface area contributed by atoms with E-state index in [0.29, 0.717) is 36.8 Å². The second-order valence-electron chi connectivity index (χ2n) is 7.32. The Morgan fingerprint density at radius 1 is 1.19 bits per heavy atom. The van der Waals surface area contributed by atoms with Crippen molar-refractivity contribution in [3.05, 3.63) is 59.9 Å². The van der Waals surface area contributed by atoms with Gasteiger partial charge in [0.25, 0.3) is 5.91 Å². The molecule has 3 aromatic rings. The van der Waals surface area contributed by atoms with Crippen molar-refractivity contribution in [1.82, 2.24) is 24.4 Å². The maximum Gasteiger partial charge on any atom is 0.274 e. The van der Waals surface area contributed by atoms with Crippen LogP contribution in [0, 0.1) is 0 Å². The van der Waals surface area contributed by atoms with Gasteiger partial charge in [-0.15, -0.1) is 0 Å². The number of nitrogens with zero attached hydrogens (tertiary/aromatic N) is 4. The number of methoxy groups -OCH3 is 1. The second-order valence-corrected chi connectivity index (χ2v) is 9.15. The smallest absolute Gasteiger partial charge is 0.274 e. The summed E-state index contributed by atoms with van der Waals surface area (Å²) in [7, 11) is 0.0649. The number of benzene rings is 1. The third kappa shape index (κ3) is 5.71. The maximum atomic E-state index is 12.7. The number of amides is 1. The van der Waals surface area contributed by atoms with E-state index in [-0.39, 0.29) is 5.91 Å². The molecule has 0 atom stereocenters. The first-order chi connectivity index (χ1) is 15.2. The molecular weight excluding hydrogens is 430 g/mol. The molecule has 0 saturated heterocycles. The number of hydrogen-bond donors (Lipinski definition) is 1. The number of nitrogens with one attached hydrogen (secondary N) is 1. The maximum absolute atomic E-state index is 12.7. The van der Waals surface area contributed by atoms with Crippen LogP contribution in [0.2, 0.25) is 0 Å². The SMILES string of the molecule is CCN(C)C(=O)c1cc(-c2ccc(CCNS(C)(=O)=O)cc2)n(-c2ccc(OC)nc2)n1. The highest BCUT2D eigenvalue weighted by Gasteiger charge is 2.19. The number of hydrogen-bond acceptors (Lipinski definition) is 6. The molecule has 0 spiro atoms. The molecule has 0 aliphatic heterocycles. The first-order valence-electron chi connectivity index (χ1n) is 10.1. The number of ether oxygens (including phenoxy) is 1. The lowest BCUT2D eigenvalue weighted by Crippen LogP contribution is -2.26. The standard InChI is InChI=1S/C22H27N5O4S/c1-5-26(2)22(28)19-14-20(27(25-19)18-10-11-21(31-3)23-15-18)17-8-6-16(7-9-17)12-13-24-32(4,29)30/h6-11,14-15,24H,5,12-13H2,1-4H3. The Balaban J connectivity index is 1.94. The van der Waals surface area contributed by atoms with E-state index in [0.717, 1.165) is 23.1 Å². The van der Waals surface area contributed by atoms with Crippen LogP contribution >= 0.6 is 0 Å². The van der Waals surface area contributed by atoms with Crippen molar-refractivity contribution in [2.24, 2.45) is 0 Å². The van der Waals surface area contributed by atoms with Crippen LogP contribution in [0.5, 0.6) is 5.88 Å². The van der Waals surface area contributed by atoms with Gasteiger partial charge in [0, 0.05) is 31.8 Å². The lowest BCUT2D eigenvalue weighted by Gasteiger charge is -2.11. The highest BCUT2D eigenvalue weighted by molar-refractivity contribution is 7.88. The molecule has 2 heterocycles. The topological polar surface area (TPSA) is 106 Å². The van der Waals surface area contributed by atoms with Crippen molar-refractivity contribution in [1.29, 1.82) is 0 Å². The van der Waals surface area contributed by atoms with Crippen molar-refractivity contribution < 1.29 is 17.9 Å². The average Bonchev–Trinajstić information content (AvgIpc) is 3.23. The molecule has 0 bridgehead atoms. The molecule has 2 aromatic heterocycles. The Hall–Kier alpha value is -3.24. The molecule has 32 heavy (non-hydrogen) atoms. The van der Waals surface area contributed by atoms with Crippen LogP contribution in [0.25, 0.3) is 16.9 Å². The molecule has 1 amide bonds. The summed E-state index contributed by atoms with van der Waals surface area (Å²) in [5.41, 5.74) is 3.63. The Bertz CT molecular complexity index is 1170. The highest BCUT2D eigenvalue weighted by Crippen LogP contribution is 2.25. The Morgan fingerprint density at radius 3 is 2.47 bits per heavy atom. The van der Waals surface area contributed by atoms with E-state index in [1.54, 1.807) is 42.1 Å². The Labute approximate surface area is 188 Å². The van der Waals surface area contributed by atoms with Crippen LogP contribution in [-0.4, -0.2) is 67.5 Å². The molecule has 170 valence electrons. The number of aromatic nitrogens is 3. The number of sulfonamides is 1. The molecule has 9 nitrogen and oxygen atoms in total. The molecule has 0 aliphatic carbocycles. The van der Waals surface area contributed by atoms with Crippen molar-refractivity contribution in [3.63, 3.8) is 0 Å². The summed E-state index contributed by atoms with van der Waals surface area (Å²) in [6.45, 7) is 2.80. The monoisotopic (exact) mass is 457 g/mol. The van der Waals surface area contributed by atoms with Crippen molar-refractivity contribution in [2.75, 3.05) is 33.5 Å². The van der Waals surface area contributed by atoms with E-state index in [2.05, 4.69) is 14.8 Å². The number of carbonyl (C=O) groups is 1. The lowest BCUT2D eigenvalue weighted by molar-refractivity contribution is 0.0796. The van der Waals surface area contributed by atoms with Gasteiger partial charge in [-0.1, -0.05) is 24.3 Å². The van der Waals surface area contributed by atoms with Gasteiger partial charge in [0.2, 0.25) is 15.9 Å². The van der Waals surface area contributed by atoms with Gasteiger partial charge in [-0.2, -0.15) is 5.10 Å². The number of pyridine rings is 1. The van der Waals surface area contributed by atoms with Gasteiger partial charge < -0.3 is 9.64 Å². The van der Waals surface area contributed by atoms with Crippen LogP contribution in [0.15, 0.2) is 48.7 Å².